The summed E-state index contributed by atoms with van der Waals surface area (Å²) < 4.78 is 12.0. The first kappa shape index (κ1) is 13.4. The molecule has 0 aliphatic heterocycles. The molecule has 0 aliphatic carbocycles. The molecule has 2 nitrogen and oxygen atoms in total. The lowest BCUT2D eigenvalue weighted by molar-refractivity contribution is 0.378. The van der Waals surface area contributed by atoms with E-state index in [1.807, 2.05) is 42.5 Å². The molecule has 0 heterocycles. The molecule has 0 aromatic heterocycles. The van der Waals surface area contributed by atoms with Crippen LogP contribution >= 0.6 is 31.9 Å². The molecule has 0 atom stereocenters. The van der Waals surface area contributed by atoms with E-state index in [2.05, 4.69) is 31.9 Å². The normalized spacial score (nSPS) is 10.2. The van der Waals surface area contributed by atoms with Crippen LogP contribution in [-0.2, 0) is 5.33 Å². The van der Waals surface area contributed by atoms with Crippen LogP contribution in [0.5, 0.6) is 17.2 Å². The van der Waals surface area contributed by atoms with E-state index in [1.54, 1.807) is 7.11 Å². The molecule has 94 valence electrons. The van der Waals surface area contributed by atoms with Crippen molar-refractivity contribution < 1.29 is 9.47 Å². The van der Waals surface area contributed by atoms with Gasteiger partial charge in [0.05, 0.1) is 11.6 Å². The van der Waals surface area contributed by atoms with Crippen molar-refractivity contribution in [2.24, 2.45) is 0 Å². The number of methoxy groups -OCH3 is 1. The highest BCUT2D eigenvalue weighted by molar-refractivity contribution is 9.10. The van der Waals surface area contributed by atoms with Gasteiger partial charge in [0.15, 0.2) is 11.5 Å². The minimum atomic E-state index is 0.701. The summed E-state index contributed by atoms with van der Waals surface area (Å²) in [6.07, 6.45) is 0. The second kappa shape index (κ2) is 6.25. The highest BCUT2D eigenvalue weighted by Gasteiger charge is 2.07. The number of alkyl halides is 1. The van der Waals surface area contributed by atoms with Crippen LogP contribution in [0, 0.1) is 0 Å². The Labute approximate surface area is 123 Å². The molecule has 0 fully saturated rings. The van der Waals surface area contributed by atoms with Crippen molar-refractivity contribution in [3.8, 4) is 17.2 Å². The summed E-state index contributed by atoms with van der Waals surface area (Å²) in [6.45, 7) is 0. The van der Waals surface area contributed by atoms with Gasteiger partial charge in [-0.05, 0) is 45.8 Å². The van der Waals surface area contributed by atoms with Gasteiger partial charge in [0.2, 0.25) is 0 Å². The number of ether oxygens (including phenoxy) is 2. The standard InChI is InChI=1S/C14H12Br2O2/c1-17-13-4-2-3-5-14(13)18-12-7-6-10(9-15)8-11(12)16/h2-8H,9H2,1H3. The highest BCUT2D eigenvalue weighted by Crippen LogP contribution is 2.35. The van der Waals surface area contributed by atoms with Gasteiger partial charge >= 0.3 is 0 Å². The van der Waals surface area contributed by atoms with Crippen LogP contribution in [0.4, 0.5) is 0 Å². The van der Waals surface area contributed by atoms with Gasteiger partial charge < -0.3 is 9.47 Å². The van der Waals surface area contributed by atoms with Crippen LogP contribution in [0.2, 0.25) is 0 Å². The lowest BCUT2D eigenvalue weighted by atomic mass is 10.2. The Morgan fingerprint density at radius 3 is 2.33 bits per heavy atom. The maximum Gasteiger partial charge on any atom is 0.169 e. The Balaban J connectivity index is 2.28. The third kappa shape index (κ3) is 3.06. The number of hydrogen-bond acceptors (Lipinski definition) is 2. The summed E-state index contributed by atoms with van der Waals surface area (Å²) in [6, 6.07) is 13.6. The van der Waals surface area contributed by atoms with Crippen molar-refractivity contribution in [3.63, 3.8) is 0 Å². The van der Waals surface area contributed by atoms with Gasteiger partial charge in [-0.2, -0.15) is 0 Å². The van der Waals surface area contributed by atoms with E-state index in [-0.39, 0.29) is 0 Å². The van der Waals surface area contributed by atoms with E-state index < -0.39 is 0 Å². The van der Waals surface area contributed by atoms with Crippen LogP contribution in [0.25, 0.3) is 0 Å². The molecule has 0 saturated heterocycles. The van der Waals surface area contributed by atoms with Crippen molar-refractivity contribution in [2.75, 3.05) is 7.11 Å². The van der Waals surface area contributed by atoms with E-state index in [9.17, 15) is 0 Å². The summed E-state index contributed by atoms with van der Waals surface area (Å²) in [4.78, 5) is 0. The summed E-state index contributed by atoms with van der Waals surface area (Å²) in [5, 5.41) is 0.820. The van der Waals surface area contributed by atoms with E-state index >= 15 is 0 Å². The number of hydrogen-bond donors (Lipinski definition) is 0. The molecule has 2 aromatic carbocycles. The fraction of sp³-hybridized carbons (Fsp3) is 0.143. The molecule has 0 radical (unpaired) electrons. The van der Waals surface area contributed by atoms with Gasteiger partial charge in [-0.3, -0.25) is 0 Å². The topological polar surface area (TPSA) is 18.5 Å². The highest BCUT2D eigenvalue weighted by atomic mass is 79.9. The molecule has 0 amide bonds. The van der Waals surface area contributed by atoms with Crippen molar-refractivity contribution >= 4 is 31.9 Å². The smallest absolute Gasteiger partial charge is 0.169 e. The average Bonchev–Trinajstić information content (AvgIpc) is 2.41. The Morgan fingerprint density at radius 1 is 1.00 bits per heavy atom. The fourth-order valence-electron chi connectivity index (χ4n) is 1.53. The molecule has 2 rings (SSSR count). The molecule has 0 bridgehead atoms. The number of para-hydroxylation sites is 2. The largest absolute Gasteiger partial charge is 0.493 e. The zero-order chi connectivity index (χ0) is 13.0. The van der Waals surface area contributed by atoms with Crippen LogP contribution in [0.3, 0.4) is 0 Å². The van der Waals surface area contributed by atoms with Crippen LogP contribution < -0.4 is 9.47 Å². The van der Waals surface area contributed by atoms with Gasteiger partial charge in [-0.25, -0.2) is 0 Å². The van der Waals surface area contributed by atoms with Crippen molar-refractivity contribution in [1.82, 2.24) is 0 Å². The zero-order valence-electron chi connectivity index (χ0n) is 9.82. The quantitative estimate of drug-likeness (QED) is 0.692. The Bertz CT molecular complexity index is 541. The average molecular weight is 372 g/mol. The lowest BCUT2D eigenvalue weighted by Crippen LogP contribution is -1.91. The molecular weight excluding hydrogens is 360 g/mol. The molecule has 0 N–H and O–H groups in total. The Morgan fingerprint density at radius 2 is 1.72 bits per heavy atom. The number of rotatable bonds is 4. The van der Waals surface area contributed by atoms with Crippen LogP contribution in [0.1, 0.15) is 5.56 Å². The minimum Gasteiger partial charge on any atom is -0.493 e. The third-order valence-electron chi connectivity index (χ3n) is 2.44. The van der Waals surface area contributed by atoms with Gasteiger partial charge in [-0.1, -0.05) is 34.1 Å². The van der Waals surface area contributed by atoms with E-state index in [0.29, 0.717) is 11.5 Å². The van der Waals surface area contributed by atoms with E-state index in [4.69, 9.17) is 9.47 Å². The van der Waals surface area contributed by atoms with Crippen LogP contribution in [0.15, 0.2) is 46.9 Å². The first-order chi connectivity index (χ1) is 8.74. The fourth-order valence-corrected chi connectivity index (χ4v) is 2.39. The lowest BCUT2D eigenvalue weighted by Gasteiger charge is -2.11. The van der Waals surface area contributed by atoms with E-state index in [1.165, 1.54) is 5.56 Å². The molecule has 0 unspecified atom stereocenters. The monoisotopic (exact) mass is 370 g/mol. The second-order valence-electron chi connectivity index (χ2n) is 3.65. The molecule has 0 saturated carbocycles. The minimum absolute atomic E-state index is 0.701. The van der Waals surface area contributed by atoms with E-state index in [0.717, 1.165) is 15.6 Å². The number of halogens is 2. The molecule has 0 spiro atoms. The van der Waals surface area contributed by atoms with Crippen molar-refractivity contribution in [3.05, 3.63) is 52.5 Å². The molecule has 0 aliphatic rings. The summed E-state index contributed by atoms with van der Waals surface area (Å²) >= 11 is 6.93. The molecule has 2 aromatic rings. The van der Waals surface area contributed by atoms with Crippen molar-refractivity contribution in [1.29, 1.82) is 0 Å². The third-order valence-corrected chi connectivity index (χ3v) is 3.71. The second-order valence-corrected chi connectivity index (χ2v) is 5.07. The summed E-state index contributed by atoms with van der Waals surface area (Å²) in [5.41, 5.74) is 1.19. The van der Waals surface area contributed by atoms with Crippen LogP contribution in [-0.4, -0.2) is 7.11 Å². The summed E-state index contributed by atoms with van der Waals surface area (Å²) in [7, 11) is 1.63. The Hall–Kier alpha value is -1.000. The molecule has 4 heteroatoms. The molecule has 18 heavy (non-hydrogen) atoms. The summed E-state index contributed by atoms with van der Waals surface area (Å²) in [5.74, 6) is 2.19. The maximum absolute atomic E-state index is 5.84. The van der Waals surface area contributed by atoms with Gasteiger partial charge in [0.25, 0.3) is 0 Å². The molecular formula is C14H12Br2O2. The predicted octanol–water partition coefficient (Wildman–Crippen LogP) is 5.14. The SMILES string of the molecule is COc1ccccc1Oc1ccc(CBr)cc1Br. The first-order valence-corrected chi connectivity index (χ1v) is 7.31. The van der Waals surface area contributed by atoms with Gasteiger partial charge in [0.1, 0.15) is 5.75 Å². The van der Waals surface area contributed by atoms with Gasteiger partial charge in [-0.15, -0.1) is 0 Å². The Kier molecular flexibility index (Phi) is 4.66. The van der Waals surface area contributed by atoms with Gasteiger partial charge in [0, 0.05) is 5.33 Å². The van der Waals surface area contributed by atoms with Crippen molar-refractivity contribution in [2.45, 2.75) is 5.33 Å². The number of benzene rings is 2. The zero-order valence-corrected chi connectivity index (χ0v) is 13.0. The predicted molar refractivity (Wildman–Crippen MR) is 79.8 cm³/mol. The maximum atomic E-state index is 5.84. The first-order valence-electron chi connectivity index (χ1n) is 5.40.